The number of hydrogen-bond donors (Lipinski definition) is 2. The van der Waals surface area contributed by atoms with Crippen molar-refractivity contribution in [1.29, 1.82) is 0 Å². The lowest BCUT2D eigenvalue weighted by molar-refractivity contribution is -0.137. The minimum absolute atomic E-state index is 0.0509. The van der Waals surface area contributed by atoms with Gasteiger partial charge in [-0.25, -0.2) is 8.78 Å². The normalized spacial score (nSPS) is 22.9. The molecule has 0 aromatic rings. The van der Waals surface area contributed by atoms with Crippen LogP contribution in [0, 0.1) is 0 Å². The minimum atomic E-state index is -2.60. The number of nitrogens with zero attached hydrogens (tertiary/aromatic N) is 1. The standard InChI is InChI=1S/C10H18F2N2O2/c11-10(12)3-1-4-14(7-10)5-2-8(13)6-9(15)16/h8H,1-7,13H2,(H,15,16). The lowest BCUT2D eigenvalue weighted by Crippen LogP contribution is -2.44. The molecule has 0 aromatic carbocycles. The number of piperidine rings is 1. The van der Waals surface area contributed by atoms with Gasteiger partial charge in [0.25, 0.3) is 5.92 Å². The third-order valence-electron chi connectivity index (χ3n) is 2.72. The van der Waals surface area contributed by atoms with Crippen molar-refractivity contribution in [1.82, 2.24) is 4.90 Å². The Morgan fingerprint density at radius 2 is 2.25 bits per heavy atom. The van der Waals surface area contributed by atoms with E-state index in [0.29, 0.717) is 25.9 Å². The lowest BCUT2D eigenvalue weighted by atomic mass is 10.1. The van der Waals surface area contributed by atoms with Gasteiger partial charge in [0, 0.05) is 12.5 Å². The summed E-state index contributed by atoms with van der Waals surface area (Å²) in [6, 6.07) is -0.451. The maximum absolute atomic E-state index is 13.0. The molecule has 0 aliphatic carbocycles. The first kappa shape index (κ1) is 13.3. The van der Waals surface area contributed by atoms with Crippen LogP contribution in [0.4, 0.5) is 8.78 Å². The van der Waals surface area contributed by atoms with E-state index in [1.165, 1.54) is 0 Å². The lowest BCUT2D eigenvalue weighted by Gasteiger charge is -2.32. The molecular formula is C10H18F2N2O2. The first-order valence-electron chi connectivity index (χ1n) is 5.46. The molecule has 1 fully saturated rings. The summed E-state index contributed by atoms with van der Waals surface area (Å²) >= 11 is 0. The zero-order valence-corrected chi connectivity index (χ0v) is 9.16. The number of halogens is 2. The first-order chi connectivity index (χ1) is 7.39. The van der Waals surface area contributed by atoms with E-state index in [4.69, 9.17) is 10.8 Å². The van der Waals surface area contributed by atoms with Crippen LogP contribution in [-0.4, -0.2) is 47.6 Å². The molecule has 1 aliphatic rings. The number of likely N-dealkylation sites (tertiary alicyclic amines) is 1. The van der Waals surface area contributed by atoms with Crippen LogP contribution in [0.25, 0.3) is 0 Å². The Kier molecular flexibility index (Phi) is 4.61. The van der Waals surface area contributed by atoms with Gasteiger partial charge in [-0.3, -0.25) is 9.69 Å². The van der Waals surface area contributed by atoms with Crippen LogP contribution >= 0.6 is 0 Å². The van der Waals surface area contributed by atoms with Crippen LogP contribution in [0.15, 0.2) is 0 Å². The van der Waals surface area contributed by atoms with Gasteiger partial charge in [0.05, 0.1) is 13.0 Å². The molecule has 4 nitrogen and oxygen atoms in total. The van der Waals surface area contributed by atoms with Crippen molar-refractivity contribution in [3.05, 3.63) is 0 Å². The van der Waals surface area contributed by atoms with E-state index in [9.17, 15) is 13.6 Å². The van der Waals surface area contributed by atoms with Crippen molar-refractivity contribution in [2.75, 3.05) is 19.6 Å². The highest BCUT2D eigenvalue weighted by Gasteiger charge is 2.34. The van der Waals surface area contributed by atoms with Crippen molar-refractivity contribution in [2.45, 2.75) is 37.6 Å². The van der Waals surface area contributed by atoms with Gasteiger partial charge in [0.15, 0.2) is 0 Å². The second-order valence-corrected chi connectivity index (χ2v) is 4.38. The van der Waals surface area contributed by atoms with E-state index < -0.39 is 17.9 Å². The largest absolute Gasteiger partial charge is 0.481 e. The molecule has 1 atom stereocenters. The number of nitrogens with two attached hydrogens (primary N) is 1. The van der Waals surface area contributed by atoms with Crippen molar-refractivity contribution < 1.29 is 18.7 Å². The second kappa shape index (κ2) is 5.54. The van der Waals surface area contributed by atoms with Crippen LogP contribution in [-0.2, 0) is 4.79 Å². The molecule has 6 heteroatoms. The smallest absolute Gasteiger partial charge is 0.304 e. The highest BCUT2D eigenvalue weighted by Crippen LogP contribution is 2.26. The predicted molar refractivity (Wildman–Crippen MR) is 55.5 cm³/mol. The summed E-state index contributed by atoms with van der Waals surface area (Å²) < 4.78 is 26.0. The molecule has 0 saturated carbocycles. The van der Waals surface area contributed by atoms with Crippen molar-refractivity contribution in [3.63, 3.8) is 0 Å². The highest BCUT2D eigenvalue weighted by molar-refractivity contribution is 5.67. The Morgan fingerprint density at radius 3 is 2.81 bits per heavy atom. The number of carbonyl (C=O) groups is 1. The fourth-order valence-electron chi connectivity index (χ4n) is 1.91. The van der Waals surface area contributed by atoms with E-state index >= 15 is 0 Å². The van der Waals surface area contributed by atoms with Gasteiger partial charge in [-0.1, -0.05) is 0 Å². The number of rotatable bonds is 5. The van der Waals surface area contributed by atoms with E-state index in [-0.39, 0.29) is 19.4 Å². The molecule has 0 aromatic heterocycles. The molecule has 94 valence electrons. The highest BCUT2D eigenvalue weighted by atomic mass is 19.3. The van der Waals surface area contributed by atoms with Crippen molar-refractivity contribution in [2.24, 2.45) is 5.73 Å². The Morgan fingerprint density at radius 1 is 1.56 bits per heavy atom. The number of alkyl halides is 2. The summed E-state index contributed by atoms with van der Waals surface area (Å²) in [6.07, 6.45) is 0.776. The molecule has 3 N–H and O–H groups in total. The topological polar surface area (TPSA) is 66.6 Å². The summed E-state index contributed by atoms with van der Waals surface area (Å²) in [5.41, 5.74) is 5.56. The Bertz CT molecular complexity index is 249. The molecule has 1 rings (SSSR count). The molecule has 16 heavy (non-hydrogen) atoms. The molecule has 1 saturated heterocycles. The van der Waals surface area contributed by atoms with E-state index in [2.05, 4.69) is 0 Å². The third-order valence-corrected chi connectivity index (χ3v) is 2.72. The van der Waals surface area contributed by atoms with Gasteiger partial charge in [-0.15, -0.1) is 0 Å². The molecule has 1 heterocycles. The average molecular weight is 236 g/mol. The van der Waals surface area contributed by atoms with Gasteiger partial charge in [0.2, 0.25) is 0 Å². The fraction of sp³-hybridized carbons (Fsp3) is 0.900. The predicted octanol–water partition coefficient (Wildman–Crippen LogP) is 0.910. The number of hydrogen-bond acceptors (Lipinski definition) is 3. The molecule has 0 spiro atoms. The maximum atomic E-state index is 13.0. The quantitative estimate of drug-likeness (QED) is 0.744. The average Bonchev–Trinajstić information content (AvgIpc) is 2.12. The van der Waals surface area contributed by atoms with Crippen LogP contribution < -0.4 is 5.73 Å². The zero-order valence-electron chi connectivity index (χ0n) is 9.16. The summed E-state index contributed by atoms with van der Waals surface area (Å²) in [5, 5.41) is 8.49. The molecule has 0 radical (unpaired) electrons. The fourth-order valence-corrected chi connectivity index (χ4v) is 1.91. The summed E-state index contributed by atoms with van der Waals surface area (Å²) in [4.78, 5) is 12.0. The minimum Gasteiger partial charge on any atom is -0.481 e. The molecule has 0 amide bonds. The number of aliphatic carboxylic acids is 1. The molecule has 0 bridgehead atoms. The molecule has 1 unspecified atom stereocenters. The van der Waals surface area contributed by atoms with Crippen molar-refractivity contribution >= 4 is 5.97 Å². The monoisotopic (exact) mass is 236 g/mol. The zero-order chi connectivity index (χ0) is 12.2. The van der Waals surface area contributed by atoms with Gasteiger partial charge in [-0.05, 0) is 25.9 Å². The van der Waals surface area contributed by atoms with Crippen LogP contribution in [0.5, 0.6) is 0 Å². The van der Waals surface area contributed by atoms with E-state index in [1.807, 2.05) is 0 Å². The Labute approximate surface area is 93.4 Å². The van der Waals surface area contributed by atoms with E-state index in [0.717, 1.165) is 0 Å². The maximum Gasteiger partial charge on any atom is 0.304 e. The second-order valence-electron chi connectivity index (χ2n) is 4.38. The SMILES string of the molecule is NC(CCN1CCCC(F)(F)C1)CC(=O)O. The van der Waals surface area contributed by atoms with Crippen LogP contribution in [0.1, 0.15) is 25.7 Å². The van der Waals surface area contributed by atoms with Gasteiger partial charge < -0.3 is 10.8 Å². The molecule has 1 aliphatic heterocycles. The number of carboxylic acids is 1. The third kappa shape index (κ3) is 4.85. The Balaban J connectivity index is 2.24. The molecular weight excluding hydrogens is 218 g/mol. The summed E-state index contributed by atoms with van der Waals surface area (Å²) in [6.45, 7) is 0.867. The van der Waals surface area contributed by atoms with Crippen LogP contribution in [0.3, 0.4) is 0 Å². The van der Waals surface area contributed by atoms with Crippen molar-refractivity contribution in [3.8, 4) is 0 Å². The Hall–Kier alpha value is -0.750. The van der Waals surface area contributed by atoms with Gasteiger partial charge in [0.1, 0.15) is 0 Å². The van der Waals surface area contributed by atoms with Crippen LogP contribution in [0.2, 0.25) is 0 Å². The number of carboxylic acid groups (broad SMARTS) is 1. The summed E-state index contributed by atoms with van der Waals surface area (Å²) in [7, 11) is 0. The van der Waals surface area contributed by atoms with E-state index in [1.54, 1.807) is 4.90 Å². The summed E-state index contributed by atoms with van der Waals surface area (Å²) in [5.74, 6) is -3.55. The van der Waals surface area contributed by atoms with Gasteiger partial charge in [-0.2, -0.15) is 0 Å². The van der Waals surface area contributed by atoms with Gasteiger partial charge >= 0.3 is 5.97 Å². The first-order valence-corrected chi connectivity index (χ1v) is 5.46.